The molecule has 2 heterocycles. The van der Waals surface area contributed by atoms with Crippen molar-refractivity contribution in [2.24, 2.45) is 11.8 Å². The molecule has 0 unspecified atom stereocenters. The molecule has 6 nitrogen and oxygen atoms in total. The molecule has 3 aromatic carbocycles. The summed E-state index contributed by atoms with van der Waals surface area (Å²) in [5.74, 6) is -0.281. The van der Waals surface area contributed by atoms with Gasteiger partial charge in [0.2, 0.25) is 0 Å². The summed E-state index contributed by atoms with van der Waals surface area (Å²) in [6, 6.07) is 27.4. The molecule has 1 aliphatic heterocycles. The van der Waals surface area contributed by atoms with Gasteiger partial charge in [0.05, 0.1) is 24.9 Å². The number of benzene rings is 3. The Hall–Kier alpha value is -3.65. The lowest BCUT2D eigenvalue weighted by Crippen LogP contribution is -2.32. The lowest BCUT2D eigenvalue weighted by molar-refractivity contribution is 0.0184. The topological polar surface area (TPSA) is 79.7 Å². The van der Waals surface area contributed by atoms with Gasteiger partial charge in [-0.25, -0.2) is 4.98 Å². The first-order valence-corrected chi connectivity index (χ1v) is 17.1. The predicted molar refractivity (Wildman–Crippen MR) is 177 cm³/mol. The number of aryl methyl sites for hydroxylation is 1. The molecule has 5 atom stereocenters. The summed E-state index contributed by atoms with van der Waals surface area (Å²) in [4.78, 5) is 34.0. The van der Waals surface area contributed by atoms with Crippen molar-refractivity contribution >= 4 is 23.0 Å². The van der Waals surface area contributed by atoms with Crippen molar-refractivity contribution in [2.45, 2.75) is 76.7 Å². The van der Waals surface area contributed by atoms with E-state index in [9.17, 15) is 14.7 Å². The Balaban J connectivity index is 1.14. The number of thiazole rings is 1. The Bertz CT molecular complexity index is 1570. The van der Waals surface area contributed by atoms with Crippen molar-refractivity contribution in [1.29, 1.82) is 0 Å². The fourth-order valence-electron chi connectivity index (χ4n) is 6.98. The summed E-state index contributed by atoms with van der Waals surface area (Å²) >= 11 is 1.60. The zero-order valence-corrected chi connectivity index (χ0v) is 26.7. The number of Topliss-reactive ketones (excluding diaryl/α,β-unsaturated/α-hetero) is 1. The van der Waals surface area contributed by atoms with E-state index in [1.54, 1.807) is 35.6 Å². The minimum Gasteiger partial charge on any atom is -0.393 e. The first-order chi connectivity index (χ1) is 21.9. The summed E-state index contributed by atoms with van der Waals surface area (Å²) in [6.45, 7) is 3.23. The van der Waals surface area contributed by atoms with Crippen molar-refractivity contribution in [3.63, 3.8) is 0 Å². The predicted octanol–water partition coefficient (Wildman–Crippen LogP) is 7.61. The normalized spacial score (nSPS) is 21.1. The van der Waals surface area contributed by atoms with Gasteiger partial charge in [0.25, 0.3) is 5.91 Å². The van der Waals surface area contributed by atoms with Gasteiger partial charge in [0.1, 0.15) is 5.01 Å². The number of ketones is 1. The number of carbonyl (C=O) groups is 2. The molecule has 4 aromatic rings. The monoisotopic (exact) mass is 622 g/mol. The summed E-state index contributed by atoms with van der Waals surface area (Å²) in [7, 11) is 0. The Labute approximate surface area is 270 Å². The molecule has 45 heavy (non-hydrogen) atoms. The number of likely N-dealkylation sites (tertiary alicyclic amines) is 1. The van der Waals surface area contributed by atoms with E-state index in [1.807, 2.05) is 53.6 Å². The van der Waals surface area contributed by atoms with Crippen LogP contribution < -0.4 is 0 Å². The standard InChI is InChI=1S/C38H42N2O4S/c1-26-25-45-37(39-26)34-16-9-19-40(34)38(43)31-15-8-14-29(21-31)35(41)23-32(20-27-10-4-2-5-11-27)36(42)30-17-18-33(22-30)44-24-28-12-6-3-7-13-28/h2-8,10-15,21,25,30,32-34,36,42H,9,16-20,22-24H2,1H3/t30-,32-,33+,34-,36-/m1/s1. The molecule has 2 aliphatic rings. The van der Waals surface area contributed by atoms with Crippen LogP contribution in [0.25, 0.3) is 0 Å². The van der Waals surface area contributed by atoms with Gasteiger partial charge in [-0.1, -0.05) is 72.8 Å². The van der Waals surface area contributed by atoms with Crippen LogP contribution in [0.1, 0.15) is 87.1 Å². The van der Waals surface area contributed by atoms with Crippen molar-refractivity contribution < 1.29 is 19.4 Å². The first-order valence-electron chi connectivity index (χ1n) is 16.2. The lowest BCUT2D eigenvalue weighted by Gasteiger charge is -2.28. The van der Waals surface area contributed by atoms with Crippen molar-refractivity contribution in [1.82, 2.24) is 9.88 Å². The van der Waals surface area contributed by atoms with Crippen LogP contribution in [-0.4, -0.2) is 45.4 Å². The molecule has 1 saturated carbocycles. The second kappa shape index (κ2) is 14.6. The Kier molecular flexibility index (Phi) is 10.2. The van der Waals surface area contributed by atoms with Crippen LogP contribution in [-0.2, 0) is 17.8 Å². The van der Waals surface area contributed by atoms with Crippen molar-refractivity contribution in [3.8, 4) is 0 Å². The molecule has 0 spiro atoms. The summed E-state index contributed by atoms with van der Waals surface area (Å²) in [6.07, 6.45) is 4.70. The van der Waals surface area contributed by atoms with Gasteiger partial charge in [-0.3, -0.25) is 9.59 Å². The van der Waals surface area contributed by atoms with Crippen LogP contribution in [0.2, 0.25) is 0 Å². The summed E-state index contributed by atoms with van der Waals surface area (Å²) in [5.41, 5.74) is 4.26. The number of hydrogen-bond acceptors (Lipinski definition) is 6. The maximum absolute atomic E-state index is 13.8. The summed E-state index contributed by atoms with van der Waals surface area (Å²) < 4.78 is 6.22. The molecule has 6 rings (SSSR count). The minimum atomic E-state index is -0.628. The van der Waals surface area contributed by atoms with E-state index in [4.69, 9.17) is 4.74 Å². The quantitative estimate of drug-likeness (QED) is 0.165. The number of aromatic nitrogens is 1. The summed E-state index contributed by atoms with van der Waals surface area (Å²) in [5, 5.41) is 14.7. The number of rotatable bonds is 12. The molecule has 2 fully saturated rings. The zero-order valence-electron chi connectivity index (χ0n) is 25.9. The number of carbonyl (C=O) groups excluding carboxylic acids is 2. The number of aliphatic hydroxyl groups is 1. The van der Waals surface area contributed by atoms with Crippen LogP contribution in [0.5, 0.6) is 0 Å². The molecule has 1 amide bonds. The molecule has 7 heteroatoms. The van der Waals surface area contributed by atoms with Crippen LogP contribution in [0.3, 0.4) is 0 Å². The first kappa shape index (κ1) is 31.3. The number of ether oxygens (including phenoxy) is 1. The van der Waals surface area contributed by atoms with Crippen LogP contribution in [0, 0.1) is 18.8 Å². The highest BCUT2D eigenvalue weighted by Gasteiger charge is 2.36. The smallest absolute Gasteiger partial charge is 0.254 e. The highest BCUT2D eigenvalue weighted by atomic mass is 32.1. The Morgan fingerprint density at radius 2 is 1.69 bits per heavy atom. The van der Waals surface area contributed by atoms with Gasteiger partial charge in [-0.2, -0.15) is 0 Å². The fraction of sp³-hybridized carbons (Fsp3) is 0.395. The average molecular weight is 623 g/mol. The molecule has 1 aromatic heterocycles. The second-order valence-electron chi connectivity index (χ2n) is 12.6. The van der Waals surface area contributed by atoms with E-state index in [0.717, 1.165) is 53.9 Å². The zero-order chi connectivity index (χ0) is 31.2. The van der Waals surface area contributed by atoms with Gasteiger partial charge in [-0.15, -0.1) is 11.3 Å². The second-order valence-corrected chi connectivity index (χ2v) is 13.5. The largest absolute Gasteiger partial charge is 0.393 e. The average Bonchev–Trinajstić information content (AvgIpc) is 3.85. The highest BCUT2D eigenvalue weighted by Crippen LogP contribution is 2.37. The maximum Gasteiger partial charge on any atom is 0.254 e. The van der Waals surface area contributed by atoms with E-state index >= 15 is 0 Å². The SMILES string of the molecule is Cc1csc([C@H]2CCCN2C(=O)c2cccc(C(=O)C[C@@H](Cc3ccccc3)[C@H](O)[C@@H]3CC[C@H](OCc4ccccc4)C3)c2)n1. The molecular formula is C38H42N2O4S. The molecular weight excluding hydrogens is 580 g/mol. The van der Waals surface area contributed by atoms with Crippen LogP contribution >= 0.6 is 11.3 Å². The molecule has 234 valence electrons. The third-order valence-corrected chi connectivity index (χ3v) is 10.4. The number of amides is 1. The van der Waals surface area contributed by atoms with Gasteiger partial charge in [-0.05, 0) is 80.5 Å². The molecule has 1 N–H and O–H groups in total. The maximum atomic E-state index is 13.8. The third-order valence-electron chi connectivity index (χ3n) is 9.37. The van der Waals surface area contributed by atoms with Crippen LogP contribution in [0.4, 0.5) is 0 Å². The Morgan fingerprint density at radius 3 is 2.42 bits per heavy atom. The number of nitrogens with zero attached hydrogens (tertiary/aromatic N) is 2. The van der Waals surface area contributed by atoms with E-state index in [-0.39, 0.29) is 42.1 Å². The molecule has 0 radical (unpaired) electrons. The van der Waals surface area contributed by atoms with E-state index in [2.05, 4.69) is 29.2 Å². The third kappa shape index (κ3) is 7.78. The number of aliphatic hydroxyl groups excluding tert-OH is 1. The van der Waals surface area contributed by atoms with Gasteiger partial charge < -0.3 is 14.7 Å². The van der Waals surface area contributed by atoms with E-state index in [0.29, 0.717) is 30.7 Å². The number of hydrogen-bond donors (Lipinski definition) is 1. The minimum absolute atomic E-state index is 0.0205. The van der Waals surface area contributed by atoms with Gasteiger partial charge in [0.15, 0.2) is 5.78 Å². The van der Waals surface area contributed by atoms with Gasteiger partial charge >= 0.3 is 0 Å². The lowest BCUT2D eigenvalue weighted by atomic mass is 9.81. The highest BCUT2D eigenvalue weighted by molar-refractivity contribution is 7.09. The van der Waals surface area contributed by atoms with Crippen molar-refractivity contribution in [3.05, 3.63) is 123 Å². The molecule has 1 saturated heterocycles. The van der Waals surface area contributed by atoms with Crippen LogP contribution in [0.15, 0.2) is 90.3 Å². The Morgan fingerprint density at radius 1 is 0.956 bits per heavy atom. The molecule has 0 bridgehead atoms. The molecule has 1 aliphatic carbocycles. The van der Waals surface area contributed by atoms with E-state index in [1.165, 1.54) is 0 Å². The fourth-order valence-corrected chi connectivity index (χ4v) is 7.92. The van der Waals surface area contributed by atoms with Gasteiger partial charge in [0, 0.05) is 35.2 Å². The van der Waals surface area contributed by atoms with Crippen molar-refractivity contribution in [2.75, 3.05) is 6.54 Å². The van der Waals surface area contributed by atoms with E-state index < -0.39 is 6.10 Å².